The quantitative estimate of drug-likeness (QED) is 0.508. The molecule has 1 amide bonds. The summed E-state index contributed by atoms with van der Waals surface area (Å²) in [5, 5.41) is 4.04. The minimum atomic E-state index is -0.0249. The minimum absolute atomic E-state index is 0.0249. The van der Waals surface area contributed by atoms with Crippen LogP contribution >= 0.6 is 0 Å². The molecule has 6 heteroatoms. The molecule has 5 rings (SSSR count). The van der Waals surface area contributed by atoms with Crippen molar-refractivity contribution in [2.24, 2.45) is 5.92 Å². The Kier molecular flexibility index (Phi) is 5.50. The van der Waals surface area contributed by atoms with Crippen molar-refractivity contribution in [3.8, 4) is 11.3 Å². The summed E-state index contributed by atoms with van der Waals surface area (Å²) in [6.45, 7) is 3.58. The fourth-order valence-corrected chi connectivity index (χ4v) is 4.21. The maximum absolute atomic E-state index is 12.7. The maximum atomic E-state index is 12.7. The average Bonchev–Trinajstić information content (AvgIpc) is 2.84. The van der Waals surface area contributed by atoms with E-state index >= 15 is 0 Å². The number of nitrogens with one attached hydrogen (secondary N) is 1. The lowest BCUT2D eigenvalue weighted by atomic mass is 9.96. The van der Waals surface area contributed by atoms with Gasteiger partial charge in [-0.3, -0.25) is 9.78 Å². The summed E-state index contributed by atoms with van der Waals surface area (Å²) < 4.78 is 0. The zero-order valence-corrected chi connectivity index (χ0v) is 18.0. The molecule has 4 aromatic rings. The molecule has 1 saturated heterocycles. The van der Waals surface area contributed by atoms with Gasteiger partial charge < -0.3 is 10.2 Å². The van der Waals surface area contributed by atoms with Crippen LogP contribution in [0.15, 0.2) is 73.1 Å². The van der Waals surface area contributed by atoms with Crippen molar-refractivity contribution in [2.75, 3.05) is 23.3 Å². The highest BCUT2D eigenvalue weighted by atomic mass is 16.1. The number of benzene rings is 2. The molecule has 160 valence electrons. The van der Waals surface area contributed by atoms with Crippen LogP contribution in [0.25, 0.3) is 22.2 Å². The van der Waals surface area contributed by atoms with E-state index in [4.69, 9.17) is 9.97 Å². The fraction of sp³-hybridized carbons (Fsp3) is 0.231. The normalized spacial score (nSPS) is 14.5. The number of pyridine rings is 1. The number of carbonyl (C=O) groups excluding carboxylic acids is 1. The van der Waals surface area contributed by atoms with Crippen molar-refractivity contribution in [1.82, 2.24) is 15.0 Å². The van der Waals surface area contributed by atoms with E-state index in [1.165, 1.54) is 5.56 Å². The standard InChI is InChI=1S/C26H25N5O/c1-18-9-10-23-22(16-18)24(19-6-3-2-4-7-19)30-26(29-23)31-14-11-20(12-15-31)25(32)28-21-8-5-13-27-17-21/h2-10,13,16-17,20H,11-12,14-15H2,1H3,(H,28,32). The zero-order chi connectivity index (χ0) is 21.9. The van der Waals surface area contributed by atoms with Crippen molar-refractivity contribution in [3.05, 3.63) is 78.6 Å². The molecule has 0 unspecified atom stereocenters. The largest absolute Gasteiger partial charge is 0.341 e. The van der Waals surface area contributed by atoms with Gasteiger partial charge >= 0.3 is 0 Å². The van der Waals surface area contributed by atoms with Gasteiger partial charge in [0.2, 0.25) is 11.9 Å². The highest BCUT2D eigenvalue weighted by molar-refractivity contribution is 5.94. The zero-order valence-electron chi connectivity index (χ0n) is 18.0. The number of hydrogen-bond donors (Lipinski definition) is 1. The number of aromatic nitrogens is 3. The average molecular weight is 424 g/mol. The summed E-state index contributed by atoms with van der Waals surface area (Å²) >= 11 is 0. The monoisotopic (exact) mass is 423 g/mol. The first-order valence-electron chi connectivity index (χ1n) is 11.0. The number of fused-ring (bicyclic) bond motifs is 1. The van der Waals surface area contributed by atoms with E-state index in [9.17, 15) is 4.79 Å². The molecule has 2 aromatic heterocycles. The van der Waals surface area contributed by atoms with Crippen LogP contribution in [0.4, 0.5) is 11.6 Å². The molecule has 1 aliphatic heterocycles. The predicted molar refractivity (Wildman–Crippen MR) is 128 cm³/mol. The Hall–Kier alpha value is -3.80. The molecular weight excluding hydrogens is 398 g/mol. The first-order valence-corrected chi connectivity index (χ1v) is 11.0. The molecule has 0 saturated carbocycles. The topological polar surface area (TPSA) is 71.0 Å². The number of carbonyl (C=O) groups is 1. The summed E-state index contributed by atoms with van der Waals surface area (Å²) in [5.41, 5.74) is 4.89. The third-order valence-corrected chi connectivity index (χ3v) is 5.96. The van der Waals surface area contributed by atoms with Crippen molar-refractivity contribution in [3.63, 3.8) is 0 Å². The Morgan fingerprint density at radius 2 is 1.81 bits per heavy atom. The van der Waals surface area contributed by atoms with Crippen LogP contribution in [0.3, 0.4) is 0 Å². The third-order valence-electron chi connectivity index (χ3n) is 5.96. The summed E-state index contributed by atoms with van der Waals surface area (Å²) in [7, 11) is 0. The van der Waals surface area contributed by atoms with Crippen LogP contribution in [0.2, 0.25) is 0 Å². The molecule has 3 heterocycles. The first kappa shape index (κ1) is 20.1. The van der Waals surface area contributed by atoms with Gasteiger partial charge in [0.15, 0.2) is 0 Å². The minimum Gasteiger partial charge on any atom is -0.341 e. The summed E-state index contributed by atoms with van der Waals surface area (Å²) in [4.78, 5) is 28.8. The molecule has 0 aliphatic carbocycles. The molecule has 0 radical (unpaired) electrons. The Labute approximate surface area is 187 Å². The summed E-state index contributed by atoms with van der Waals surface area (Å²) in [6.07, 6.45) is 4.90. The number of amides is 1. The van der Waals surface area contributed by atoms with Crippen LogP contribution in [-0.4, -0.2) is 33.9 Å². The smallest absolute Gasteiger partial charge is 0.227 e. The Morgan fingerprint density at radius 3 is 2.56 bits per heavy atom. The second-order valence-corrected chi connectivity index (χ2v) is 8.25. The van der Waals surface area contributed by atoms with Crippen LogP contribution in [-0.2, 0) is 4.79 Å². The van der Waals surface area contributed by atoms with E-state index < -0.39 is 0 Å². The Bertz CT molecular complexity index is 1240. The molecule has 32 heavy (non-hydrogen) atoms. The summed E-state index contributed by atoms with van der Waals surface area (Å²) in [6, 6.07) is 20.2. The molecule has 1 N–H and O–H groups in total. The SMILES string of the molecule is Cc1ccc2nc(N3CCC(C(=O)Nc4cccnc4)CC3)nc(-c3ccccc3)c2c1. The van der Waals surface area contributed by atoms with E-state index in [0.717, 1.165) is 59.7 Å². The Morgan fingerprint density at radius 1 is 1.00 bits per heavy atom. The van der Waals surface area contributed by atoms with Gasteiger partial charge in [0, 0.05) is 36.2 Å². The van der Waals surface area contributed by atoms with Gasteiger partial charge in [0.1, 0.15) is 0 Å². The van der Waals surface area contributed by atoms with Gasteiger partial charge in [-0.15, -0.1) is 0 Å². The van der Waals surface area contributed by atoms with Gasteiger partial charge in [0.25, 0.3) is 0 Å². The summed E-state index contributed by atoms with van der Waals surface area (Å²) in [5.74, 6) is 0.756. The van der Waals surface area contributed by atoms with Crippen LogP contribution < -0.4 is 10.2 Å². The third kappa shape index (κ3) is 4.17. The van der Waals surface area contributed by atoms with Gasteiger partial charge in [-0.1, -0.05) is 42.0 Å². The molecule has 6 nitrogen and oxygen atoms in total. The number of anilines is 2. The van der Waals surface area contributed by atoms with E-state index in [0.29, 0.717) is 0 Å². The van der Waals surface area contributed by atoms with E-state index in [2.05, 4.69) is 52.5 Å². The lowest BCUT2D eigenvalue weighted by Gasteiger charge is -2.31. The van der Waals surface area contributed by atoms with Crippen molar-refractivity contribution in [1.29, 1.82) is 0 Å². The van der Waals surface area contributed by atoms with Gasteiger partial charge in [-0.05, 0) is 44.0 Å². The van der Waals surface area contributed by atoms with Gasteiger partial charge in [-0.2, -0.15) is 0 Å². The number of hydrogen-bond acceptors (Lipinski definition) is 5. The first-order chi connectivity index (χ1) is 15.7. The van der Waals surface area contributed by atoms with Crippen LogP contribution in [0.1, 0.15) is 18.4 Å². The number of aryl methyl sites for hydroxylation is 1. The lowest BCUT2D eigenvalue weighted by molar-refractivity contribution is -0.120. The number of nitrogens with zero attached hydrogens (tertiary/aromatic N) is 4. The molecule has 0 spiro atoms. The van der Waals surface area contributed by atoms with Crippen molar-refractivity contribution < 1.29 is 4.79 Å². The van der Waals surface area contributed by atoms with Gasteiger partial charge in [0.05, 0.1) is 23.1 Å². The van der Waals surface area contributed by atoms with E-state index in [-0.39, 0.29) is 11.8 Å². The van der Waals surface area contributed by atoms with Gasteiger partial charge in [-0.25, -0.2) is 9.97 Å². The molecule has 0 bridgehead atoms. The van der Waals surface area contributed by atoms with Crippen LogP contribution in [0, 0.1) is 12.8 Å². The highest BCUT2D eigenvalue weighted by Crippen LogP contribution is 2.30. The predicted octanol–water partition coefficient (Wildman–Crippen LogP) is 4.86. The molecular formula is C26H25N5O. The Balaban J connectivity index is 1.38. The maximum Gasteiger partial charge on any atom is 0.227 e. The van der Waals surface area contributed by atoms with Crippen molar-refractivity contribution >= 4 is 28.4 Å². The van der Waals surface area contributed by atoms with Crippen molar-refractivity contribution in [2.45, 2.75) is 19.8 Å². The van der Waals surface area contributed by atoms with E-state index in [1.54, 1.807) is 12.4 Å². The second-order valence-electron chi connectivity index (χ2n) is 8.25. The van der Waals surface area contributed by atoms with Crippen LogP contribution in [0.5, 0.6) is 0 Å². The molecule has 2 aromatic carbocycles. The number of rotatable bonds is 4. The fourth-order valence-electron chi connectivity index (χ4n) is 4.21. The molecule has 0 atom stereocenters. The highest BCUT2D eigenvalue weighted by Gasteiger charge is 2.27. The molecule has 1 aliphatic rings. The molecule has 1 fully saturated rings. The van der Waals surface area contributed by atoms with E-state index in [1.807, 2.05) is 30.3 Å². The second kappa shape index (κ2) is 8.75. The number of piperidine rings is 1. The lowest BCUT2D eigenvalue weighted by Crippen LogP contribution is -2.39.